The maximum Gasteiger partial charge on any atom is 0.0503 e. The molecular formula is C22H24N2. The minimum absolute atomic E-state index is 0.141. The van der Waals surface area contributed by atoms with Crippen molar-refractivity contribution < 1.29 is 0 Å². The van der Waals surface area contributed by atoms with Crippen LogP contribution in [0.3, 0.4) is 0 Å². The van der Waals surface area contributed by atoms with E-state index in [1.807, 2.05) is 36.7 Å². The summed E-state index contributed by atoms with van der Waals surface area (Å²) in [7, 11) is 0. The molecule has 0 spiro atoms. The molecule has 0 aliphatic rings. The molecular weight excluding hydrogens is 292 g/mol. The molecule has 1 aromatic carbocycles. The van der Waals surface area contributed by atoms with Crippen molar-refractivity contribution in [3.05, 3.63) is 95.6 Å². The van der Waals surface area contributed by atoms with Gasteiger partial charge in [-0.2, -0.15) is 0 Å². The largest absolute Gasteiger partial charge is 0.260 e. The van der Waals surface area contributed by atoms with Crippen LogP contribution in [0.25, 0.3) is 0 Å². The molecule has 0 atom stereocenters. The van der Waals surface area contributed by atoms with Crippen molar-refractivity contribution in [2.45, 2.75) is 38.5 Å². The van der Waals surface area contributed by atoms with Gasteiger partial charge in [-0.05, 0) is 35.4 Å². The summed E-state index contributed by atoms with van der Waals surface area (Å²) in [6.45, 7) is 8.90. The molecule has 0 unspecified atom stereocenters. The standard InChI is InChI=1S/C22H24N2/c1-21(2,19-12-5-7-14-23-19)17-10-9-11-18(16-17)22(3,4)20-13-6-8-15-24-20/h5-16H,1-4H3. The van der Waals surface area contributed by atoms with Gasteiger partial charge in [-0.25, -0.2) is 0 Å². The lowest BCUT2D eigenvalue weighted by Crippen LogP contribution is -2.24. The maximum atomic E-state index is 4.56. The highest BCUT2D eigenvalue weighted by molar-refractivity contribution is 5.41. The lowest BCUT2D eigenvalue weighted by atomic mass is 9.76. The summed E-state index contributed by atoms with van der Waals surface area (Å²) in [6, 6.07) is 21.0. The predicted octanol–water partition coefficient (Wildman–Crippen LogP) is 5.13. The molecule has 2 nitrogen and oxygen atoms in total. The first-order valence-electron chi connectivity index (χ1n) is 8.36. The molecule has 0 N–H and O–H groups in total. The molecule has 2 aromatic heterocycles. The van der Waals surface area contributed by atoms with Crippen LogP contribution in [0.15, 0.2) is 73.1 Å². The van der Waals surface area contributed by atoms with E-state index in [-0.39, 0.29) is 10.8 Å². The number of hydrogen-bond acceptors (Lipinski definition) is 2. The SMILES string of the molecule is CC(C)(c1cccc(C(C)(C)c2ccccn2)c1)c1ccccn1. The van der Waals surface area contributed by atoms with Crippen LogP contribution in [0.5, 0.6) is 0 Å². The summed E-state index contributed by atoms with van der Waals surface area (Å²) < 4.78 is 0. The van der Waals surface area contributed by atoms with Gasteiger partial charge in [-0.15, -0.1) is 0 Å². The number of pyridine rings is 2. The second-order valence-corrected chi connectivity index (χ2v) is 7.26. The van der Waals surface area contributed by atoms with Crippen molar-refractivity contribution in [1.82, 2.24) is 9.97 Å². The average molecular weight is 316 g/mol. The Morgan fingerprint density at radius 3 is 1.42 bits per heavy atom. The summed E-state index contributed by atoms with van der Waals surface area (Å²) in [5, 5.41) is 0. The molecule has 0 aliphatic carbocycles. The fourth-order valence-corrected chi connectivity index (χ4v) is 3.06. The molecule has 2 heteroatoms. The Morgan fingerprint density at radius 2 is 1.04 bits per heavy atom. The van der Waals surface area contributed by atoms with Crippen LogP contribution < -0.4 is 0 Å². The Morgan fingerprint density at radius 1 is 0.583 bits per heavy atom. The average Bonchev–Trinajstić information content (AvgIpc) is 2.63. The Labute approximate surface area is 144 Å². The van der Waals surface area contributed by atoms with Crippen LogP contribution in [-0.4, -0.2) is 9.97 Å². The van der Waals surface area contributed by atoms with Crippen LogP contribution >= 0.6 is 0 Å². The van der Waals surface area contributed by atoms with Crippen LogP contribution in [0.4, 0.5) is 0 Å². The molecule has 0 saturated carbocycles. The Hall–Kier alpha value is -2.48. The first kappa shape index (κ1) is 16.4. The zero-order chi connectivity index (χ0) is 17.2. The van der Waals surface area contributed by atoms with Gasteiger partial charge in [0.1, 0.15) is 0 Å². The highest BCUT2D eigenvalue weighted by atomic mass is 14.7. The van der Waals surface area contributed by atoms with E-state index in [4.69, 9.17) is 0 Å². The minimum Gasteiger partial charge on any atom is -0.260 e. The highest BCUT2D eigenvalue weighted by Crippen LogP contribution is 2.35. The van der Waals surface area contributed by atoms with E-state index >= 15 is 0 Å². The van der Waals surface area contributed by atoms with Gasteiger partial charge in [0.05, 0.1) is 11.4 Å². The van der Waals surface area contributed by atoms with Crippen molar-refractivity contribution in [3.63, 3.8) is 0 Å². The van der Waals surface area contributed by atoms with Gasteiger partial charge in [-0.3, -0.25) is 9.97 Å². The van der Waals surface area contributed by atoms with Gasteiger partial charge >= 0.3 is 0 Å². The molecule has 0 amide bonds. The summed E-state index contributed by atoms with van der Waals surface area (Å²) >= 11 is 0. The second kappa shape index (κ2) is 6.20. The summed E-state index contributed by atoms with van der Waals surface area (Å²) in [5.41, 5.74) is 4.41. The Bertz CT molecular complexity index is 739. The third kappa shape index (κ3) is 2.96. The van der Waals surface area contributed by atoms with E-state index in [0.717, 1.165) is 11.4 Å². The number of aromatic nitrogens is 2. The third-order valence-electron chi connectivity index (χ3n) is 4.92. The van der Waals surface area contributed by atoms with Crippen molar-refractivity contribution in [3.8, 4) is 0 Å². The molecule has 0 bridgehead atoms. The van der Waals surface area contributed by atoms with Crippen molar-refractivity contribution >= 4 is 0 Å². The van der Waals surface area contributed by atoms with Gasteiger partial charge in [0.2, 0.25) is 0 Å². The molecule has 0 aliphatic heterocycles. The highest BCUT2D eigenvalue weighted by Gasteiger charge is 2.28. The van der Waals surface area contributed by atoms with E-state index in [0.29, 0.717) is 0 Å². The van der Waals surface area contributed by atoms with E-state index in [1.54, 1.807) is 0 Å². The summed E-state index contributed by atoms with van der Waals surface area (Å²) in [4.78, 5) is 9.13. The molecule has 0 saturated heterocycles. The van der Waals surface area contributed by atoms with Gasteiger partial charge < -0.3 is 0 Å². The van der Waals surface area contributed by atoms with Crippen LogP contribution in [0.2, 0.25) is 0 Å². The van der Waals surface area contributed by atoms with E-state index in [2.05, 4.69) is 74.1 Å². The van der Waals surface area contributed by atoms with Crippen molar-refractivity contribution in [1.29, 1.82) is 0 Å². The summed E-state index contributed by atoms with van der Waals surface area (Å²) in [5.74, 6) is 0. The minimum atomic E-state index is -0.141. The van der Waals surface area contributed by atoms with Gasteiger partial charge in [0.25, 0.3) is 0 Å². The van der Waals surface area contributed by atoms with Gasteiger partial charge in [0, 0.05) is 23.2 Å². The fraction of sp³-hybridized carbons (Fsp3) is 0.273. The number of hydrogen-bond donors (Lipinski definition) is 0. The normalized spacial score (nSPS) is 12.2. The van der Waals surface area contributed by atoms with Crippen molar-refractivity contribution in [2.75, 3.05) is 0 Å². The molecule has 24 heavy (non-hydrogen) atoms. The number of nitrogens with zero attached hydrogens (tertiary/aromatic N) is 2. The Balaban J connectivity index is 2.04. The van der Waals surface area contributed by atoms with Crippen LogP contribution in [-0.2, 0) is 10.8 Å². The van der Waals surface area contributed by atoms with Gasteiger partial charge in [-0.1, -0.05) is 64.1 Å². The zero-order valence-corrected chi connectivity index (χ0v) is 14.8. The quantitative estimate of drug-likeness (QED) is 0.667. The van der Waals surface area contributed by atoms with E-state index in [9.17, 15) is 0 Å². The van der Waals surface area contributed by atoms with Crippen LogP contribution in [0.1, 0.15) is 50.2 Å². The Kier molecular flexibility index (Phi) is 4.23. The van der Waals surface area contributed by atoms with E-state index in [1.165, 1.54) is 11.1 Å². The topological polar surface area (TPSA) is 25.8 Å². The predicted molar refractivity (Wildman–Crippen MR) is 99.2 cm³/mol. The monoisotopic (exact) mass is 316 g/mol. The molecule has 3 aromatic rings. The lowest BCUT2D eigenvalue weighted by molar-refractivity contribution is 0.595. The summed E-state index contributed by atoms with van der Waals surface area (Å²) in [6.07, 6.45) is 3.72. The first-order valence-corrected chi connectivity index (χ1v) is 8.36. The third-order valence-corrected chi connectivity index (χ3v) is 4.92. The fourth-order valence-electron chi connectivity index (χ4n) is 3.06. The molecule has 0 fully saturated rings. The number of benzene rings is 1. The lowest BCUT2D eigenvalue weighted by Gasteiger charge is -2.29. The zero-order valence-electron chi connectivity index (χ0n) is 14.8. The molecule has 0 radical (unpaired) electrons. The van der Waals surface area contributed by atoms with Crippen molar-refractivity contribution in [2.24, 2.45) is 0 Å². The second-order valence-electron chi connectivity index (χ2n) is 7.26. The maximum absolute atomic E-state index is 4.56. The molecule has 2 heterocycles. The van der Waals surface area contributed by atoms with Crippen LogP contribution in [0, 0.1) is 0 Å². The number of rotatable bonds is 4. The van der Waals surface area contributed by atoms with Gasteiger partial charge in [0.15, 0.2) is 0 Å². The molecule has 122 valence electrons. The molecule has 3 rings (SSSR count). The smallest absolute Gasteiger partial charge is 0.0503 e. The first-order chi connectivity index (χ1) is 11.4. The van der Waals surface area contributed by atoms with E-state index < -0.39 is 0 Å².